The summed E-state index contributed by atoms with van der Waals surface area (Å²) in [5, 5.41) is 0. The van der Waals surface area contributed by atoms with Crippen molar-refractivity contribution < 1.29 is 18.5 Å². The van der Waals surface area contributed by atoms with E-state index in [0.717, 1.165) is 0 Å². The highest BCUT2D eigenvalue weighted by molar-refractivity contribution is 7.47. The molecule has 0 amide bonds. The van der Waals surface area contributed by atoms with Gasteiger partial charge >= 0.3 is 7.82 Å². The number of phosphoric acid groups is 1. The first-order chi connectivity index (χ1) is 4.12. The Kier molecular flexibility index (Phi) is 4.84. The van der Waals surface area contributed by atoms with Gasteiger partial charge in [-0.1, -0.05) is 23.2 Å². The van der Waals surface area contributed by atoms with Crippen molar-refractivity contribution in [3.63, 3.8) is 0 Å². The van der Waals surface area contributed by atoms with Crippen molar-refractivity contribution in [2.24, 2.45) is 0 Å². The number of halogens is 2. The molecule has 0 aromatic carbocycles. The van der Waals surface area contributed by atoms with E-state index in [9.17, 15) is 4.57 Å². The topological polar surface area (TPSA) is 55.8 Å². The van der Waals surface area contributed by atoms with Gasteiger partial charge in [0.15, 0.2) is 0 Å². The Labute approximate surface area is 62.3 Å². The van der Waals surface area contributed by atoms with Gasteiger partial charge in [-0.05, 0) is 0 Å². The van der Waals surface area contributed by atoms with Crippen LogP contribution in [0.2, 0.25) is 0 Å². The Bertz CT molecular complexity index is 107. The van der Waals surface area contributed by atoms with Crippen molar-refractivity contribution in [2.75, 3.05) is 12.1 Å². The fourth-order valence-corrected chi connectivity index (χ4v) is 1.22. The van der Waals surface area contributed by atoms with Crippen molar-refractivity contribution in [3.05, 3.63) is 0 Å². The highest BCUT2D eigenvalue weighted by atomic mass is 35.5. The third-order valence-electron chi connectivity index (χ3n) is 0.424. The van der Waals surface area contributed by atoms with Crippen molar-refractivity contribution in [3.8, 4) is 0 Å². The Balaban J connectivity index is 3.58. The molecule has 4 nitrogen and oxygen atoms in total. The first-order valence-corrected chi connectivity index (χ1v) is 4.42. The van der Waals surface area contributed by atoms with E-state index < -0.39 is 20.0 Å². The zero-order chi connectivity index (χ0) is 7.33. The fraction of sp³-hybridized carbons (Fsp3) is 1.00. The molecule has 0 aliphatic heterocycles. The van der Waals surface area contributed by atoms with Crippen molar-refractivity contribution in [2.45, 2.75) is 0 Å². The molecular weight excluding hydrogens is 190 g/mol. The Morgan fingerprint density at radius 1 is 1.33 bits per heavy atom. The predicted molar refractivity (Wildman–Crippen MR) is 33.4 cm³/mol. The second-order valence-electron chi connectivity index (χ2n) is 0.945. The molecule has 0 heterocycles. The van der Waals surface area contributed by atoms with Crippen LogP contribution in [-0.4, -0.2) is 17.0 Å². The first kappa shape index (κ1) is 9.69. The molecule has 0 rings (SSSR count). The molecule has 0 radical (unpaired) electrons. The summed E-state index contributed by atoms with van der Waals surface area (Å²) in [6.45, 7) is 0. The Hall–Kier alpha value is 0.690. The number of hydrogen-bond acceptors (Lipinski definition) is 3. The van der Waals surface area contributed by atoms with E-state index in [0.29, 0.717) is 0 Å². The normalized spacial score (nSPS) is 11.9. The van der Waals surface area contributed by atoms with Crippen LogP contribution in [0.3, 0.4) is 0 Å². The average Bonchev–Trinajstić information content (AvgIpc) is 1.64. The molecule has 0 saturated carbocycles. The lowest BCUT2D eigenvalue weighted by atomic mass is 11.7. The van der Waals surface area contributed by atoms with Crippen LogP contribution in [0.4, 0.5) is 0 Å². The van der Waals surface area contributed by atoms with E-state index in [1.807, 2.05) is 0 Å². The molecule has 0 fully saturated rings. The summed E-state index contributed by atoms with van der Waals surface area (Å²) in [6.07, 6.45) is 0. The van der Waals surface area contributed by atoms with E-state index in [2.05, 4.69) is 9.05 Å². The van der Waals surface area contributed by atoms with Crippen LogP contribution < -0.4 is 0 Å². The molecule has 0 unspecified atom stereocenters. The third kappa shape index (κ3) is 5.15. The van der Waals surface area contributed by atoms with Gasteiger partial charge in [0.05, 0.1) is 0 Å². The minimum Gasteiger partial charge on any atom is -0.302 e. The van der Waals surface area contributed by atoms with Crippen molar-refractivity contribution in [1.82, 2.24) is 0 Å². The number of hydrogen-bond donors (Lipinski definition) is 1. The molecule has 9 heavy (non-hydrogen) atoms. The van der Waals surface area contributed by atoms with Gasteiger partial charge in [-0.3, -0.25) is 9.05 Å². The quantitative estimate of drug-likeness (QED) is 0.545. The van der Waals surface area contributed by atoms with Gasteiger partial charge in [0, 0.05) is 0 Å². The van der Waals surface area contributed by atoms with E-state index in [1.54, 1.807) is 0 Å². The zero-order valence-corrected chi connectivity index (χ0v) is 6.70. The lowest BCUT2D eigenvalue weighted by Crippen LogP contribution is -1.90. The molecule has 0 saturated heterocycles. The summed E-state index contributed by atoms with van der Waals surface area (Å²) in [5.41, 5.74) is 0. The van der Waals surface area contributed by atoms with Crippen LogP contribution in [-0.2, 0) is 13.6 Å². The summed E-state index contributed by atoms with van der Waals surface area (Å²) in [5.74, 6) is 0. The van der Waals surface area contributed by atoms with E-state index in [1.165, 1.54) is 0 Å². The highest BCUT2D eigenvalue weighted by Crippen LogP contribution is 2.43. The summed E-state index contributed by atoms with van der Waals surface area (Å²) in [7, 11) is -3.96. The summed E-state index contributed by atoms with van der Waals surface area (Å²) < 4.78 is 18.4. The standard InChI is InChI=1S/C2H5Cl2O4P/c3-1-7-9(5,6)8-2-4/h1-2H2,(H,5,6). The fourth-order valence-electron chi connectivity index (χ4n) is 0.161. The van der Waals surface area contributed by atoms with Gasteiger partial charge < -0.3 is 4.89 Å². The monoisotopic (exact) mass is 194 g/mol. The maximum absolute atomic E-state index is 10.4. The van der Waals surface area contributed by atoms with Crippen LogP contribution in [0.1, 0.15) is 0 Å². The average molecular weight is 195 g/mol. The Morgan fingerprint density at radius 3 is 1.89 bits per heavy atom. The van der Waals surface area contributed by atoms with Crippen molar-refractivity contribution >= 4 is 31.0 Å². The van der Waals surface area contributed by atoms with Gasteiger partial charge in [-0.15, -0.1) is 0 Å². The van der Waals surface area contributed by atoms with Gasteiger partial charge in [-0.25, -0.2) is 4.57 Å². The van der Waals surface area contributed by atoms with Crippen LogP contribution >= 0.6 is 31.0 Å². The van der Waals surface area contributed by atoms with E-state index in [-0.39, 0.29) is 0 Å². The van der Waals surface area contributed by atoms with Gasteiger partial charge in [0.1, 0.15) is 12.1 Å². The molecule has 0 atom stereocenters. The molecule has 0 spiro atoms. The second-order valence-corrected chi connectivity index (χ2v) is 2.83. The van der Waals surface area contributed by atoms with E-state index in [4.69, 9.17) is 28.1 Å². The van der Waals surface area contributed by atoms with Crippen LogP contribution in [0.25, 0.3) is 0 Å². The lowest BCUT2D eigenvalue weighted by molar-refractivity contribution is 0.188. The van der Waals surface area contributed by atoms with Gasteiger partial charge in [-0.2, -0.15) is 0 Å². The predicted octanol–water partition coefficient (Wildman–Crippen LogP) is 1.51. The third-order valence-corrected chi connectivity index (χ3v) is 1.86. The van der Waals surface area contributed by atoms with Gasteiger partial charge in [0.25, 0.3) is 0 Å². The molecular formula is C2H5Cl2O4P. The molecule has 0 aromatic rings. The number of alkyl halides is 2. The second kappa shape index (κ2) is 4.50. The van der Waals surface area contributed by atoms with Crippen LogP contribution in [0, 0.1) is 0 Å². The zero-order valence-electron chi connectivity index (χ0n) is 4.29. The van der Waals surface area contributed by atoms with Crippen LogP contribution in [0.15, 0.2) is 0 Å². The minimum atomic E-state index is -3.96. The maximum Gasteiger partial charge on any atom is 0.474 e. The summed E-state index contributed by atoms with van der Waals surface area (Å²) in [6, 6.07) is -0.796. The highest BCUT2D eigenvalue weighted by Gasteiger charge is 2.18. The van der Waals surface area contributed by atoms with Crippen LogP contribution in [0.5, 0.6) is 0 Å². The van der Waals surface area contributed by atoms with Crippen molar-refractivity contribution in [1.29, 1.82) is 0 Å². The molecule has 0 aliphatic carbocycles. The molecule has 0 aliphatic rings. The molecule has 0 bridgehead atoms. The Morgan fingerprint density at radius 2 is 1.67 bits per heavy atom. The minimum absolute atomic E-state index is 0.398. The van der Waals surface area contributed by atoms with Gasteiger partial charge in [0.2, 0.25) is 0 Å². The van der Waals surface area contributed by atoms with E-state index >= 15 is 0 Å². The molecule has 1 N–H and O–H groups in total. The smallest absolute Gasteiger partial charge is 0.302 e. The maximum atomic E-state index is 10.4. The largest absolute Gasteiger partial charge is 0.474 e. The summed E-state index contributed by atoms with van der Waals surface area (Å²) >= 11 is 9.89. The lowest BCUT2D eigenvalue weighted by Gasteiger charge is -2.05. The molecule has 0 aromatic heterocycles. The molecule has 56 valence electrons. The molecule has 7 heteroatoms. The SMILES string of the molecule is O=P(O)(OCCl)OCCl. The first-order valence-electron chi connectivity index (χ1n) is 1.86. The number of rotatable bonds is 4. The summed E-state index contributed by atoms with van der Waals surface area (Å²) in [4.78, 5) is 8.46. The number of phosphoric ester groups is 1.